The number of carbonyl (C=O) groups excluding carboxylic acids is 1. The summed E-state index contributed by atoms with van der Waals surface area (Å²) in [6.07, 6.45) is 0. The Bertz CT molecular complexity index is 335. The summed E-state index contributed by atoms with van der Waals surface area (Å²) in [5.41, 5.74) is 0. The van der Waals surface area contributed by atoms with E-state index in [1.54, 1.807) is 11.3 Å². The molecule has 1 aromatic rings. The predicted octanol–water partition coefficient (Wildman–Crippen LogP) is 2.42. The fourth-order valence-corrected chi connectivity index (χ4v) is 2.68. The standard InChI is InChI=1S/C13H22N2OS/c1-9(2)12(11-6-5-7-17-11)15-13(16)10(3)8-14-4/h5-7,9-10,12,14H,8H2,1-4H3,(H,15,16). The Kier molecular flexibility index (Phi) is 5.65. The van der Waals surface area contributed by atoms with Crippen LogP contribution in [0.2, 0.25) is 0 Å². The Morgan fingerprint density at radius 2 is 2.12 bits per heavy atom. The first-order chi connectivity index (χ1) is 8.06. The number of nitrogens with one attached hydrogen (secondary N) is 2. The summed E-state index contributed by atoms with van der Waals surface area (Å²) in [4.78, 5) is 13.2. The first kappa shape index (κ1) is 14.2. The maximum absolute atomic E-state index is 12.0. The van der Waals surface area contributed by atoms with Gasteiger partial charge in [-0.05, 0) is 24.4 Å². The van der Waals surface area contributed by atoms with Gasteiger partial charge in [-0.15, -0.1) is 11.3 Å². The van der Waals surface area contributed by atoms with Gasteiger partial charge >= 0.3 is 0 Å². The van der Waals surface area contributed by atoms with E-state index in [9.17, 15) is 4.79 Å². The SMILES string of the molecule is CNCC(C)C(=O)NC(c1cccs1)C(C)C. The lowest BCUT2D eigenvalue weighted by Crippen LogP contribution is -2.38. The van der Waals surface area contributed by atoms with E-state index in [4.69, 9.17) is 0 Å². The first-order valence-corrected chi connectivity index (χ1v) is 6.92. The molecule has 0 fully saturated rings. The van der Waals surface area contributed by atoms with Gasteiger partial charge in [-0.3, -0.25) is 4.79 Å². The molecule has 4 heteroatoms. The molecule has 1 rings (SSSR count). The second-order valence-corrected chi connectivity index (χ2v) is 5.68. The van der Waals surface area contributed by atoms with Crippen molar-refractivity contribution in [2.45, 2.75) is 26.8 Å². The van der Waals surface area contributed by atoms with Crippen molar-refractivity contribution in [3.8, 4) is 0 Å². The summed E-state index contributed by atoms with van der Waals surface area (Å²) in [5, 5.41) is 8.21. The van der Waals surface area contributed by atoms with Crippen molar-refractivity contribution in [3.63, 3.8) is 0 Å². The summed E-state index contributed by atoms with van der Waals surface area (Å²) in [7, 11) is 1.86. The molecular weight excluding hydrogens is 232 g/mol. The molecule has 0 radical (unpaired) electrons. The number of carbonyl (C=O) groups is 1. The minimum absolute atomic E-state index is 0.00112. The van der Waals surface area contributed by atoms with E-state index in [2.05, 4.69) is 30.5 Å². The average Bonchev–Trinajstić information content (AvgIpc) is 2.78. The fraction of sp³-hybridized carbons (Fsp3) is 0.615. The zero-order valence-electron chi connectivity index (χ0n) is 11.0. The minimum Gasteiger partial charge on any atom is -0.348 e. The highest BCUT2D eigenvalue weighted by molar-refractivity contribution is 7.10. The van der Waals surface area contributed by atoms with Crippen LogP contribution in [0.5, 0.6) is 0 Å². The summed E-state index contributed by atoms with van der Waals surface area (Å²) in [5.74, 6) is 0.520. The van der Waals surface area contributed by atoms with Gasteiger partial charge in [0.1, 0.15) is 0 Å². The Morgan fingerprint density at radius 1 is 1.41 bits per heavy atom. The van der Waals surface area contributed by atoms with Crippen molar-refractivity contribution in [1.29, 1.82) is 0 Å². The molecule has 0 bridgehead atoms. The van der Waals surface area contributed by atoms with E-state index in [1.807, 2.05) is 25.4 Å². The van der Waals surface area contributed by atoms with Crippen LogP contribution in [-0.2, 0) is 4.79 Å². The molecule has 3 nitrogen and oxygen atoms in total. The normalized spacial score (nSPS) is 14.6. The summed E-state index contributed by atoms with van der Waals surface area (Å²) in [6.45, 7) is 6.92. The van der Waals surface area contributed by atoms with Gasteiger partial charge in [0, 0.05) is 17.3 Å². The summed E-state index contributed by atoms with van der Waals surface area (Å²) in [6, 6.07) is 4.23. The van der Waals surface area contributed by atoms with Crippen molar-refractivity contribution in [2.75, 3.05) is 13.6 Å². The van der Waals surface area contributed by atoms with Crippen LogP contribution in [0.15, 0.2) is 17.5 Å². The maximum Gasteiger partial charge on any atom is 0.224 e. The molecule has 0 aromatic carbocycles. The zero-order chi connectivity index (χ0) is 12.8. The Hall–Kier alpha value is -0.870. The number of amides is 1. The molecule has 1 aromatic heterocycles. The van der Waals surface area contributed by atoms with Crippen LogP contribution in [0.3, 0.4) is 0 Å². The lowest BCUT2D eigenvalue weighted by atomic mass is 10.0. The molecule has 2 atom stereocenters. The van der Waals surface area contributed by atoms with Crippen molar-refractivity contribution < 1.29 is 4.79 Å². The van der Waals surface area contributed by atoms with Gasteiger partial charge in [0.25, 0.3) is 0 Å². The Labute approximate surface area is 108 Å². The highest BCUT2D eigenvalue weighted by Gasteiger charge is 2.21. The molecule has 0 saturated carbocycles. The van der Waals surface area contributed by atoms with Crippen molar-refractivity contribution in [3.05, 3.63) is 22.4 Å². The van der Waals surface area contributed by atoms with Gasteiger partial charge in [0.2, 0.25) is 5.91 Å². The van der Waals surface area contributed by atoms with Crippen LogP contribution in [0.25, 0.3) is 0 Å². The van der Waals surface area contributed by atoms with Gasteiger partial charge in [-0.1, -0.05) is 26.8 Å². The second kappa shape index (κ2) is 6.77. The highest BCUT2D eigenvalue weighted by Crippen LogP contribution is 2.25. The van der Waals surface area contributed by atoms with E-state index in [1.165, 1.54) is 4.88 Å². The smallest absolute Gasteiger partial charge is 0.224 e. The van der Waals surface area contributed by atoms with Crippen LogP contribution in [0, 0.1) is 11.8 Å². The molecule has 2 N–H and O–H groups in total. The van der Waals surface area contributed by atoms with E-state index < -0.39 is 0 Å². The molecular formula is C13H22N2OS. The van der Waals surface area contributed by atoms with Gasteiger partial charge in [-0.2, -0.15) is 0 Å². The molecule has 2 unspecified atom stereocenters. The maximum atomic E-state index is 12.0. The van der Waals surface area contributed by atoms with E-state index >= 15 is 0 Å². The average molecular weight is 254 g/mol. The number of thiophene rings is 1. The molecule has 96 valence electrons. The van der Waals surface area contributed by atoms with Crippen LogP contribution in [0.1, 0.15) is 31.7 Å². The van der Waals surface area contributed by atoms with Gasteiger partial charge in [0.05, 0.1) is 6.04 Å². The van der Waals surface area contributed by atoms with Gasteiger partial charge < -0.3 is 10.6 Å². The van der Waals surface area contributed by atoms with E-state index in [-0.39, 0.29) is 17.9 Å². The van der Waals surface area contributed by atoms with Crippen molar-refractivity contribution in [2.24, 2.45) is 11.8 Å². The molecule has 0 aliphatic carbocycles. The highest BCUT2D eigenvalue weighted by atomic mass is 32.1. The molecule has 0 saturated heterocycles. The number of hydrogen-bond donors (Lipinski definition) is 2. The lowest BCUT2D eigenvalue weighted by Gasteiger charge is -2.23. The third kappa shape index (κ3) is 4.13. The molecule has 0 aliphatic heterocycles. The second-order valence-electron chi connectivity index (χ2n) is 4.70. The van der Waals surface area contributed by atoms with Gasteiger partial charge in [-0.25, -0.2) is 0 Å². The van der Waals surface area contributed by atoms with E-state index in [0.29, 0.717) is 12.5 Å². The predicted molar refractivity (Wildman–Crippen MR) is 73.1 cm³/mol. The molecule has 0 spiro atoms. The third-order valence-corrected chi connectivity index (χ3v) is 3.73. The van der Waals surface area contributed by atoms with Crippen molar-refractivity contribution in [1.82, 2.24) is 10.6 Å². The van der Waals surface area contributed by atoms with Crippen LogP contribution < -0.4 is 10.6 Å². The lowest BCUT2D eigenvalue weighted by molar-refractivity contribution is -0.125. The van der Waals surface area contributed by atoms with Crippen molar-refractivity contribution >= 4 is 17.2 Å². The number of rotatable bonds is 6. The Morgan fingerprint density at radius 3 is 2.59 bits per heavy atom. The topological polar surface area (TPSA) is 41.1 Å². The fourth-order valence-electron chi connectivity index (χ4n) is 1.73. The van der Waals surface area contributed by atoms with Crippen LogP contribution in [0.4, 0.5) is 0 Å². The molecule has 1 amide bonds. The quantitative estimate of drug-likeness (QED) is 0.818. The van der Waals surface area contributed by atoms with Gasteiger partial charge in [0.15, 0.2) is 0 Å². The van der Waals surface area contributed by atoms with E-state index in [0.717, 1.165) is 0 Å². The largest absolute Gasteiger partial charge is 0.348 e. The summed E-state index contributed by atoms with van der Waals surface area (Å²) >= 11 is 1.70. The molecule has 0 aliphatic rings. The summed E-state index contributed by atoms with van der Waals surface area (Å²) < 4.78 is 0. The number of hydrogen-bond acceptors (Lipinski definition) is 3. The molecule has 17 heavy (non-hydrogen) atoms. The monoisotopic (exact) mass is 254 g/mol. The Balaban J connectivity index is 2.65. The minimum atomic E-state index is 0.00112. The zero-order valence-corrected chi connectivity index (χ0v) is 11.8. The van der Waals surface area contributed by atoms with Crippen LogP contribution >= 0.6 is 11.3 Å². The first-order valence-electron chi connectivity index (χ1n) is 6.04. The third-order valence-electron chi connectivity index (χ3n) is 2.77. The molecule has 1 heterocycles. The van der Waals surface area contributed by atoms with Crippen LogP contribution in [-0.4, -0.2) is 19.5 Å².